The number of nitrogens with one attached hydrogen (secondary N) is 1. The van der Waals surface area contributed by atoms with Gasteiger partial charge in [-0.1, -0.05) is 12.1 Å². The van der Waals surface area contributed by atoms with E-state index < -0.39 is 11.0 Å². The van der Waals surface area contributed by atoms with Crippen LogP contribution in [0.25, 0.3) is 0 Å². The molecule has 1 amide bonds. The summed E-state index contributed by atoms with van der Waals surface area (Å²) in [6.45, 7) is 3.72. The number of carbonyl (C=O) groups is 1. The number of aliphatic hydroxyl groups excluding tert-OH is 1. The van der Waals surface area contributed by atoms with E-state index in [2.05, 4.69) is 5.32 Å². The average Bonchev–Trinajstić information content (AvgIpc) is 2.61. The highest BCUT2D eigenvalue weighted by molar-refractivity contribution is 5.77. The molecule has 7 nitrogen and oxygen atoms in total. The van der Waals surface area contributed by atoms with Crippen LogP contribution in [0.4, 0.5) is 5.69 Å². The van der Waals surface area contributed by atoms with Gasteiger partial charge < -0.3 is 15.2 Å². The largest absolute Gasteiger partial charge is 0.483 e. The summed E-state index contributed by atoms with van der Waals surface area (Å²) in [5, 5.41) is 23.2. The minimum Gasteiger partial charge on any atom is -0.483 e. The Kier molecular flexibility index (Phi) is 6.08. The Morgan fingerprint density at radius 1 is 1.24 bits per heavy atom. The van der Waals surface area contributed by atoms with Crippen molar-refractivity contribution in [1.82, 2.24) is 5.32 Å². The van der Waals surface area contributed by atoms with Gasteiger partial charge in [-0.25, -0.2) is 0 Å². The van der Waals surface area contributed by atoms with Crippen molar-refractivity contribution in [2.75, 3.05) is 13.2 Å². The second-order valence-corrected chi connectivity index (χ2v) is 5.66. The van der Waals surface area contributed by atoms with E-state index in [-0.39, 0.29) is 24.7 Å². The Bertz CT molecular complexity index is 759. The normalized spacial score (nSPS) is 11.6. The maximum Gasteiger partial charge on any atom is 0.269 e. The summed E-state index contributed by atoms with van der Waals surface area (Å²) < 4.78 is 5.49. The first-order chi connectivity index (χ1) is 11.9. The molecular weight excluding hydrogens is 324 g/mol. The Morgan fingerprint density at radius 2 is 1.92 bits per heavy atom. The van der Waals surface area contributed by atoms with Gasteiger partial charge in [0.05, 0.1) is 11.0 Å². The average molecular weight is 344 g/mol. The first-order valence-electron chi connectivity index (χ1n) is 7.76. The smallest absolute Gasteiger partial charge is 0.269 e. The van der Waals surface area contributed by atoms with Crippen molar-refractivity contribution in [1.29, 1.82) is 0 Å². The molecule has 0 aliphatic carbocycles. The number of nitrogens with zero attached hydrogens (tertiary/aromatic N) is 1. The van der Waals surface area contributed by atoms with Crippen molar-refractivity contribution in [3.8, 4) is 5.75 Å². The standard InChI is InChI=1S/C18H20N2O5/c1-12-4-3-5-17(13(12)2)25-11-18(22)19-10-16(21)14-6-8-15(9-7-14)20(23)24/h3-9,16,21H,10-11H2,1-2H3,(H,19,22)/t16-/m1/s1. The Balaban J connectivity index is 1.82. The number of nitro groups is 1. The molecule has 1 atom stereocenters. The minimum atomic E-state index is -0.953. The Morgan fingerprint density at radius 3 is 2.56 bits per heavy atom. The van der Waals surface area contributed by atoms with E-state index in [0.717, 1.165) is 11.1 Å². The SMILES string of the molecule is Cc1cccc(OCC(=O)NC[C@@H](O)c2ccc([N+](=O)[O-])cc2)c1C. The molecule has 2 rings (SSSR count). The van der Waals surface area contributed by atoms with E-state index in [4.69, 9.17) is 4.74 Å². The summed E-state index contributed by atoms with van der Waals surface area (Å²) in [6, 6.07) is 11.1. The lowest BCUT2D eigenvalue weighted by Crippen LogP contribution is -2.32. The molecule has 25 heavy (non-hydrogen) atoms. The molecule has 0 saturated heterocycles. The summed E-state index contributed by atoms with van der Waals surface area (Å²) >= 11 is 0. The molecule has 0 saturated carbocycles. The van der Waals surface area contributed by atoms with Crippen LogP contribution >= 0.6 is 0 Å². The van der Waals surface area contributed by atoms with Gasteiger partial charge in [0, 0.05) is 18.7 Å². The molecular formula is C18H20N2O5. The zero-order valence-corrected chi connectivity index (χ0v) is 14.1. The minimum absolute atomic E-state index is 0.00714. The van der Waals surface area contributed by atoms with Crippen LogP contribution in [0, 0.1) is 24.0 Å². The molecule has 0 fully saturated rings. The Hall–Kier alpha value is -2.93. The fourth-order valence-electron chi connectivity index (χ4n) is 2.22. The third-order valence-corrected chi connectivity index (χ3v) is 3.89. The maximum atomic E-state index is 11.9. The number of aryl methyl sites for hydroxylation is 1. The van der Waals surface area contributed by atoms with Crippen LogP contribution in [0.5, 0.6) is 5.75 Å². The number of aliphatic hydroxyl groups is 1. The van der Waals surface area contributed by atoms with Crippen LogP contribution in [0.1, 0.15) is 22.8 Å². The third kappa shape index (κ3) is 5.02. The van der Waals surface area contributed by atoms with Gasteiger partial charge in [0.15, 0.2) is 6.61 Å². The third-order valence-electron chi connectivity index (χ3n) is 3.89. The molecule has 0 heterocycles. The van der Waals surface area contributed by atoms with Gasteiger partial charge in [-0.3, -0.25) is 14.9 Å². The topological polar surface area (TPSA) is 102 Å². The zero-order chi connectivity index (χ0) is 18.4. The van der Waals surface area contributed by atoms with E-state index in [9.17, 15) is 20.0 Å². The number of hydrogen-bond donors (Lipinski definition) is 2. The number of carbonyl (C=O) groups excluding carboxylic acids is 1. The molecule has 0 aromatic heterocycles. The highest BCUT2D eigenvalue weighted by Crippen LogP contribution is 2.20. The van der Waals surface area contributed by atoms with Crippen molar-refractivity contribution in [3.63, 3.8) is 0 Å². The van der Waals surface area contributed by atoms with Gasteiger partial charge in [-0.2, -0.15) is 0 Å². The van der Waals surface area contributed by atoms with Gasteiger partial charge in [-0.15, -0.1) is 0 Å². The summed E-state index contributed by atoms with van der Waals surface area (Å²) in [4.78, 5) is 21.9. The molecule has 2 aromatic carbocycles. The van der Waals surface area contributed by atoms with E-state index in [1.165, 1.54) is 24.3 Å². The molecule has 2 aromatic rings. The number of amides is 1. The number of benzene rings is 2. The molecule has 0 aliphatic heterocycles. The van der Waals surface area contributed by atoms with Crippen LogP contribution in [0.2, 0.25) is 0 Å². The molecule has 0 unspecified atom stereocenters. The van der Waals surface area contributed by atoms with Crippen LogP contribution in [0.3, 0.4) is 0 Å². The summed E-state index contributed by atoms with van der Waals surface area (Å²) in [7, 11) is 0. The molecule has 0 radical (unpaired) electrons. The Labute approximate surface area is 145 Å². The van der Waals surface area contributed by atoms with Gasteiger partial charge in [0.25, 0.3) is 11.6 Å². The predicted octanol–water partition coefficient (Wildman–Crippen LogP) is 2.44. The van der Waals surface area contributed by atoms with Gasteiger partial charge >= 0.3 is 0 Å². The number of hydrogen-bond acceptors (Lipinski definition) is 5. The first-order valence-corrected chi connectivity index (χ1v) is 7.76. The molecule has 0 aliphatic rings. The van der Waals surface area contributed by atoms with Crippen molar-refractivity contribution in [2.45, 2.75) is 20.0 Å². The second-order valence-electron chi connectivity index (χ2n) is 5.66. The number of non-ortho nitro benzene ring substituents is 1. The van der Waals surface area contributed by atoms with Crippen LogP contribution in [0.15, 0.2) is 42.5 Å². The number of ether oxygens (including phenoxy) is 1. The quantitative estimate of drug-likeness (QED) is 0.593. The van der Waals surface area contributed by atoms with Gasteiger partial charge in [-0.05, 0) is 48.7 Å². The van der Waals surface area contributed by atoms with Gasteiger partial charge in [0.2, 0.25) is 0 Å². The summed E-state index contributed by atoms with van der Waals surface area (Å²) in [6.07, 6.45) is -0.953. The number of nitro benzene ring substituents is 1. The monoisotopic (exact) mass is 344 g/mol. The van der Waals surface area contributed by atoms with Crippen molar-refractivity contribution in [2.24, 2.45) is 0 Å². The predicted molar refractivity (Wildman–Crippen MR) is 92.5 cm³/mol. The van der Waals surface area contributed by atoms with Gasteiger partial charge in [0.1, 0.15) is 5.75 Å². The second kappa shape index (κ2) is 8.25. The molecule has 0 bridgehead atoms. The highest BCUT2D eigenvalue weighted by Gasteiger charge is 2.12. The zero-order valence-electron chi connectivity index (χ0n) is 14.1. The van der Waals surface area contributed by atoms with Crippen molar-refractivity contribution >= 4 is 11.6 Å². The van der Waals surface area contributed by atoms with E-state index in [1.807, 2.05) is 26.0 Å². The van der Waals surface area contributed by atoms with E-state index in [0.29, 0.717) is 11.3 Å². The first kappa shape index (κ1) is 18.4. The van der Waals surface area contributed by atoms with Crippen LogP contribution in [-0.4, -0.2) is 29.1 Å². The fraction of sp³-hybridized carbons (Fsp3) is 0.278. The molecule has 132 valence electrons. The lowest BCUT2D eigenvalue weighted by molar-refractivity contribution is -0.384. The fourth-order valence-corrected chi connectivity index (χ4v) is 2.22. The van der Waals surface area contributed by atoms with E-state index >= 15 is 0 Å². The lowest BCUT2D eigenvalue weighted by Gasteiger charge is -2.13. The highest BCUT2D eigenvalue weighted by atomic mass is 16.6. The van der Waals surface area contributed by atoms with Crippen LogP contribution < -0.4 is 10.1 Å². The van der Waals surface area contributed by atoms with Crippen molar-refractivity contribution in [3.05, 3.63) is 69.3 Å². The number of rotatable bonds is 7. The molecule has 7 heteroatoms. The van der Waals surface area contributed by atoms with Crippen LogP contribution in [-0.2, 0) is 4.79 Å². The van der Waals surface area contributed by atoms with E-state index in [1.54, 1.807) is 6.07 Å². The summed E-state index contributed by atoms with van der Waals surface area (Å²) in [5.41, 5.74) is 2.48. The van der Waals surface area contributed by atoms with Crippen molar-refractivity contribution < 1.29 is 19.6 Å². The molecule has 2 N–H and O–H groups in total. The maximum absolute atomic E-state index is 11.9. The molecule has 0 spiro atoms. The summed E-state index contributed by atoms with van der Waals surface area (Å²) in [5.74, 6) is 0.285. The lowest BCUT2D eigenvalue weighted by atomic mass is 10.1.